The van der Waals surface area contributed by atoms with Crippen LogP contribution in [0.5, 0.6) is 0 Å². The van der Waals surface area contributed by atoms with Crippen molar-refractivity contribution in [2.24, 2.45) is 40.4 Å². The fraction of sp³-hybridized carbons (Fsp3) is 0.955. The van der Waals surface area contributed by atoms with E-state index < -0.39 is 17.1 Å². The van der Waals surface area contributed by atoms with Crippen molar-refractivity contribution in [3.63, 3.8) is 0 Å². The van der Waals surface area contributed by atoms with Gasteiger partial charge in [0, 0.05) is 5.41 Å². The first-order valence-corrected chi connectivity index (χ1v) is 10.6. The van der Waals surface area contributed by atoms with Crippen molar-refractivity contribution in [1.29, 1.82) is 0 Å². The quantitative estimate of drug-likeness (QED) is 0.668. The lowest BCUT2D eigenvalue weighted by atomic mass is 9.43. The molecule has 4 aliphatic carbocycles. The van der Waals surface area contributed by atoms with Gasteiger partial charge in [0.1, 0.15) is 5.60 Å². The number of ketones is 1. The van der Waals surface area contributed by atoms with Crippen molar-refractivity contribution in [3.8, 4) is 0 Å². The second-order valence-corrected chi connectivity index (χ2v) is 10.7. The Morgan fingerprint density at radius 1 is 1.08 bits per heavy atom. The summed E-state index contributed by atoms with van der Waals surface area (Å²) in [5.74, 6) is 1.19. The molecule has 148 valence electrons. The first-order chi connectivity index (χ1) is 12.1. The van der Waals surface area contributed by atoms with Crippen LogP contribution in [-0.4, -0.2) is 38.9 Å². The van der Waals surface area contributed by atoms with Gasteiger partial charge in [0.2, 0.25) is 0 Å². The third-order valence-electron chi connectivity index (χ3n) is 9.69. The lowest BCUT2D eigenvalue weighted by Crippen LogP contribution is -2.63. The molecular weight excluding hydrogens is 328 g/mol. The SMILES string of the molecule is CC(=O)[C@@]1(O)[C@H](C)C[C@@H]2[C@@H]3CC[C@@H]4C[C@H](O)CC[C@]4(C)[C@H]3[C@H](O)C[C@@]21C. The Bertz CT molecular complexity index is 605. The normalized spacial score (nSPS) is 59.3. The van der Waals surface area contributed by atoms with E-state index in [0.29, 0.717) is 24.2 Å². The molecule has 3 N–H and O–H groups in total. The van der Waals surface area contributed by atoms with Crippen LogP contribution < -0.4 is 0 Å². The van der Waals surface area contributed by atoms with E-state index in [9.17, 15) is 20.1 Å². The minimum Gasteiger partial charge on any atom is -0.393 e. The number of aliphatic hydroxyl groups excluding tert-OH is 2. The van der Waals surface area contributed by atoms with Crippen molar-refractivity contribution < 1.29 is 20.1 Å². The molecule has 4 heteroatoms. The number of fused-ring (bicyclic) bond motifs is 5. The molecule has 0 aromatic rings. The predicted molar refractivity (Wildman–Crippen MR) is 99.3 cm³/mol. The molecule has 4 nitrogen and oxygen atoms in total. The third kappa shape index (κ3) is 2.15. The van der Waals surface area contributed by atoms with Gasteiger partial charge in [-0.1, -0.05) is 20.8 Å². The lowest BCUT2D eigenvalue weighted by molar-refractivity contribution is -0.203. The predicted octanol–water partition coefficient (Wildman–Crippen LogP) is 2.93. The fourth-order valence-corrected chi connectivity index (χ4v) is 8.44. The van der Waals surface area contributed by atoms with Crippen LogP contribution in [0.2, 0.25) is 0 Å². The standard InChI is InChI=1S/C22H36O4/c1-12-9-17-16-6-5-14-10-15(24)7-8-20(14,3)19(16)18(25)11-21(17,4)22(12,26)13(2)23/h12,14-19,24-26H,5-11H2,1-4H3/t12-,14-,15-,16+,17-,18-,19-,20+,21+,22+/m1/s1. The number of carbonyl (C=O) groups is 1. The summed E-state index contributed by atoms with van der Waals surface area (Å²) in [7, 11) is 0. The molecule has 4 aliphatic rings. The van der Waals surface area contributed by atoms with Gasteiger partial charge in [-0.2, -0.15) is 0 Å². The van der Waals surface area contributed by atoms with Crippen molar-refractivity contribution in [1.82, 2.24) is 0 Å². The summed E-state index contributed by atoms with van der Waals surface area (Å²) in [5, 5.41) is 32.9. The van der Waals surface area contributed by atoms with Gasteiger partial charge in [-0.3, -0.25) is 4.79 Å². The molecule has 10 atom stereocenters. The molecule has 0 aromatic carbocycles. The molecular formula is C22H36O4. The summed E-state index contributed by atoms with van der Waals surface area (Å²) >= 11 is 0. The van der Waals surface area contributed by atoms with E-state index in [0.717, 1.165) is 38.5 Å². The molecule has 0 spiro atoms. The van der Waals surface area contributed by atoms with E-state index in [1.165, 1.54) is 6.92 Å². The fourth-order valence-electron chi connectivity index (χ4n) is 8.44. The van der Waals surface area contributed by atoms with Crippen LogP contribution >= 0.6 is 0 Å². The zero-order chi connectivity index (χ0) is 19.1. The molecule has 0 radical (unpaired) electrons. The number of hydrogen-bond donors (Lipinski definition) is 3. The van der Waals surface area contributed by atoms with Crippen LogP contribution in [0.4, 0.5) is 0 Å². The van der Waals surface area contributed by atoms with Crippen LogP contribution in [0.3, 0.4) is 0 Å². The largest absolute Gasteiger partial charge is 0.393 e. The number of hydrogen-bond acceptors (Lipinski definition) is 4. The van der Waals surface area contributed by atoms with Gasteiger partial charge in [0.25, 0.3) is 0 Å². The van der Waals surface area contributed by atoms with Crippen molar-refractivity contribution in [2.45, 2.75) is 90.4 Å². The Kier molecular flexibility index (Phi) is 4.20. The van der Waals surface area contributed by atoms with Gasteiger partial charge in [-0.15, -0.1) is 0 Å². The molecule has 0 unspecified atom stereocenters. The van der Waals surface area contributed by atoms with Crippen molar-refractivity contribution in [2.75, 3.05) is 0 Å². The van der Waals surface area contributed by atoms with E-state index in [4.69, 9.17) is 0 Å². The molecule has 0 amide bonds. The second-order valence-electron chi connectivity index (χ2n) is 10.7. The minimum absolute atomic E-state index is 0.0559. The number of rotatable bonds is 1. The number of carbonyl (C=O) groups excluding carboxylic acids is 1. The Morgan fingerprint density at radius 2 is 1.77 bits per heavy atom. The van der Waals surface area contributed by atoms with E-state index in [-0.39, 0.29) is 29.1 Å². The van der Waals surface area contributed by atoms with E-state index >= 15 is 0 Å². The van der Waals surface area contributed by atoms with Gasteiger partial charge in [-0.05, 0) is 86.9 Å². The number of aliphatic hydroxyl groups is 3. The maximum atomic E-state index is 12.5. The van der Waals surface area contributed by atoms with Gasteiger partial charge < -0.3 is 15.3 Å². The average Bonchev–Trinajstić information content (AvgIpc) is 2.76. The minimum atomic E-state index is -1.32. The zero-order valence-corrected chi connectivity index (χ0v) is 16.7. The van der Waals surface area contributed by atoms with Gasteiger partial charge in [0.05, 0.1) is 12.2 Å². The van der Waals surface area contributed by atoms with E-state index in [2.05, 4.69) is 13.8 Å². The molecule has 0 heterocycles. The highest BCUT2D eigenvalue weighted by Gasteiger charge is 2.70. The Balaban J connectivity index is 1.73. The van der Waals surface area contributed by atoms with Crippen molar-refractivity contribution in [3.05, 3.63) is 0 Å². The third-order valence-corrected chi connectivity index (χ3v) is 9.69. The van der Waals surface area contributed by atoms with E-state index in [1.54, 1.807) is 0 Å². The topological polar surface area (TPSA) is 77.8 Å². The summed E-state index contributed by atoms with van der Waals surface area (Å²) in [6, 6.07) is 0. The molecule has 0 aliphatic heterocycles. The monoisotopic (exact) mass is 364 g/mol. The first-order valence-electron chi connectivity index (χ1n) is 10.6. The summed E-state index contributed by atoms with van der Waals surface area (Å²) in [6.45, 7) is 7.92. The summed E-state index contributed by atoms with van der Waals surface area (Å²) in [4.78, 5) is 12.5. The Labute approximate surface area is 157 Å². The highest BCUT2D eigenvalue weighted by Crippen LogP contribution is 2.69. The highest BCUT2D eigenvalue weighted by molar-refractivity contribution is 5.86. The summed E-state index contributed by atoms with van der Waals surface area (Å²) in [6.07, 6.45) is 5.56. The maximum Gasteiger partial charge on any atom is 0.162 e. The van der Waals surface area contributed by atoms with Crippen LogP contribution in [0.15, 0.2) is 0 Å². The van der Waals surface area contributed by atoms with Gasteiger partial charge in [-0.25, -0.2) is 0 Å². The Morgan fingerprint density at radius 3 is 2.42 bits per heavy atom. The molecule has 4 rings (SSSR count). The molecule has 0 bridgehead atoms. The van der Waals surface area contributed by atoms with Crippen LogP contribution in [0.25, 0.3) is 0 Å². The van der Waals surface area contributed by atoms with Crippen LogP contribution in [0, 0.1) is 40.4 Å². The molecule has 0 saturated heterocycles. The van der Waals surface area contributed by atoms with Crippen LogP contribution in [0.1, 0.15) is 72.6 Å². The van der Waals surface area contributed by atoms with Gasteiger partial charge in [0.15, 0.2) is 5.78 Å². The van der Waals surface area contributed by atoms with Gasteiger partial charge >= 0.3 is 0 Å². The molecule has 0 aromatic heterocycles. The Hall–Kier alpha value is -0.450. The maximum absolute atomic E-state index is 12.5. The summed E-state index contributed by atoms with van der Waals surface area (Å²) < 4.78 is 0. The lowest BCUT2D eigenvalue weighted by Gasteiger charge is -2.62. The molecule has 4 saturated carbocycles. The smallest absolute Gasteiger partial charge is 0.162 e. The van der Waals surface area contributed by atoms with E-state index in [1.807, 2.05) is 6.92 Å². The summed E-state index contributed by atoms with van der Waals surface area (Å²) in [5.41, 5.74) is -1.77. The number of Topliss-reactive ketones (excluding diaryl/α,β-unsaturated/α-hetero) is 1. The average molecular weight is 365 g/mol. The van der Waals surface area contributed by atoms with Crippen molar-refractivity contribution >= 4 is 5.78 Å². The van der Waals surface area contributed by atoms with Crippen LogP contribution in [-0.2, 0) is 4.79 Å². The zero-order valence-electron chi connectivity index (χ0n) is 16.7. The second kappa shape index (κ2) is 5.78. The molecule has 4 fully saturated rings. The first kappa shape index (κ1) is 18.9. The highest BCUT2D eigenvalue weighted by atomic mass is 16.3. The molecule has 26 heavy (non-hydrogen) atoms.